The molecular formula is C28H55NO4. The van der Waals surface area contributed by atoms with Crippen LogP contribution in [0.5, 0.6) is 0 Å². The van der Waals surface area contributed by atoms with Crippen LogP contribution in [0.3, 0.4) is 0 Å². The molecule has 0 saturated heterocycles. The van der Waals surface area contributed by atoms with Gasteiger partial charge in [-0.25, -0.2) is 0 Å². The van der Waals surface area contributed by atoms with E-state index >= 15 is 0 Å². The molecule has 0 bridgehead atoms. The number of unbranched alkanes of at least 4 members (excludes halogenated alkanes) is 12. The van der Waals surface area contributed by atoms with Crippen molar-refractivity contribution in [1.82, 2.24) is 0 Å². The fourth-order valence-corrected chi connectivity index (χ4v) is 4.43. The highest BCUT2D eigenvalue weighted by Gasteiger charge is 2.22. The Morgan fingerprint density at radius 2 is 1.21 bits per heavy atom. The molecule has 2 unspecified atom stereocenters. The highest BCUT2D eigenvalue weighted by molar-refractivity contribution is 5.70. The second-order valence-corrected chi connectivity index (χ2v) is 11.2. The van der Waals surface area contributed by atoms with Gasteiger partial charge in [-0.2, -0.15) is 0 Å². The van der Waals surface area contributed by atoms with Crippen LogP contribution in [0.1, 0.15) is 129 Å². The average Bonchev–Trinajstić information content (AvgIpc) is 2.69. The lowest BCUT2D eigenvalue weighted by molar-refractivity contribution is -0.873. The third-order valence-electron chi connectivity index (χ3n) is 6.32. The summed E-state index contributed by atoms with van der Waals surface area (Å²) in [5.74, 6) is -0.841. The van der Waals surface area contributed by atoms with Crippen LogP contribution in [0.15, 0.2) is 0 Å². The number of carboxylic acids is 1. The van der Waals surface area contributed by atoms with Crippen LogP contribution < -0.4 is 5.11 Å². The van der Waals surface area contributed by atoms with Crippen molar-refractivity contribution in [1.29, 1.82) is 0 Å². The third-order valence-corrected chi connectivity index (χ3v) is 6.32. The summed E-state index contributed by atoms with van der Waals surface area (Å²) < 4.78 is 5.97. The highest BCUT2D eigenvalue weighted by Crippen LogP contribution is 2.18. The monoisotopic (exact) mass is 469 g/mol. The molecule has 0 aromatic carbocycles. The number of nitrogens with zero attached hydrogens (tertiary/aromatic N) is 1. The number of carboxylic acid groups (broad SMARTS) is 1. The summed E-state index contributed by atoms with van der Waals surface area (Å²) in [6, 6.07) is 0. The lowest BCUT2D eigenvalue weighted by atomic mass is 9.96. The van der Waals surface area contributed by atoms with E-state index in [0.29, 0.717) is 23.4 Å². The molecule has 0 radical (unpaired) electrons. The Balaban J connectivity index is 3.66. The molecule has 2 atom stereocenters. The van der Waals surface area contributed by atoms with Gasteiger partial charge in [0.2, 0.25) is 0 Å². The van der Waals surface area contributed by atoms with Gasteiger partial charge in [0.15, 0.2) is 6.10 Å². The Bertz CT molecular complexity index is 487. The molecular weight excluding hydrogens is 414 g/mol. The number of quaternary nitrogens is 1. The average molecular weight is 470 g/mol. The molecule has 5 nitrogen and oxygen atoms in total. The van der Waals surface area contributed by atoms with Crippen molar-refractivity contribution >= 4 is 11.9 Å². The van der Waals surface area contributed by atoms with Gasteiger partial charge in [-0.3, -0.25) is 4.79 Å². The molecule has 0 aliphatic carbocycles. The van der Waals surface area contributed by atoms with Crippen LogP contribution in [0, 0.1) is 5.92 Å². The lowest BCUT2D eigenvalue weighted by Gasteiger charge is -2.29. The van der Waals surface area contributed by atoms with Crippen molar-refractivity contribution < 1.29 is 23.9 Å². The minimum atomic E-state index is -1.17. The SMILES string of the molecule is CCCCCCCCCCCCCCCC(C)CCCC(=O)OC(CC(=O)[O-])C[N+](C)(C)C. The molecule has 0 saturated carbocycles. The molecule has 5 heteroatoms. The number of carbonyl (C=O) groups excluding carboxylic acids is 2. The molecule has 196 valence electrons. The van der Waals surface area contributed by atoms with Crippen molar-refractivity contribution in [3.05, 3.63) is 0 Å². The van der Waals surface area contributed by atoms with Gasteiger partial charge >= 0.3 is 5.97 Å². The van der Waals surface area contributed by atoms with Gasteiger partial charge in [0.1, 0.15) is 6.54 Å². The fourth-order valence-electron chi connectivity index (χ4n) is 4.43. The smallest absolute Gasteiger partial charge is 0.306 e. The zero-order chi connectivity index (χ0) is 25.0. The summed E-state index contributed by atoms with van der Waals surface area (Å²) in [6.45, 7) is 5.01. The quantitative estimate of drug-likeness (QED) is 0.104. The van der Waals surface area contributed by atoms with Gasteiger partial charge in [-0.05, 0) is 12.3 Å². The summed E-state index contributed by atoms with van der Waals surface area (Å²) in [4.78, 5) is 23.1. The van der Waals surface area contributed by atoms with Gasteiger partial charge in [-0.15, -0.1) is 0 Å². The van der Waals surface area contributed by atoms with Crippen molar-refractivity contribution in [3.63, 3.8) is 0 Å². The van der Waals surface area contributed by atoms with Crippen LogP contribution in [-0.2, 0) is 14.3 Å². The first-order valence-corrected chi connectivity index (χ1v) is 13.8. The maximum absolute atomic E-state index is 12.1. The Morgan fingerprint density at radius 3 is 1.67 bits per heavy atom. The number of hydrogen-bond donors (Lipinski definition) is 0. The first kappa shape index (κ1) is 31.9. The molecule has 0 aliphatic heterocycles. The number of rotatable bonds is 23. The van der Waals surface area contributed by atoms with E-state index in [1.54, 1.807) is 0 Å². The largest absolute Gasteiger partial charge is 0.550 e. The van der Waals surface area contributed by atoms with Crippen LogP contribution in [0.2, 0.25) is 0 Å². The molecule has 0 aromatic rings. The van der Waals surface area contributed by atoms with E-state index in [-0.39, 0.29) is 12.4 Å². The molecule has 0 spiro atoms. The minimum Gasteiger partial charge on any atom is -0.550 e. The van der Waals surface area contributed by atoms with Gasteiger partial charge in [0.25, 0.3) is 0 Å². The van der Waals surface area contributed by atoms with E-state index < -0.39 is 12.1 Å². The fraction of sp³-hybridized carbons (Fsp3) is 0.929. The van der Waals surface area contributed by atoms with Crippen molar-refractivity contribution in [2.75, 3.05) is 27.7 Å². The van der Waals surface area contributed by atoms with E-state index in [2.05, 4.69) is 13.8 Å². The number of aliphatic carboxylic acids is 1. The van der Waals surface area contributed by atoms with Gasteiger partial charge < -0.3 is 19.1 Å². The first-order valence-electron chi connectivity index (χ1n) is 13.8. The maximum Gasteiger partial charge on any atom is 0.306 e. The molecule has 0 aliphatic rings. The van der Waals surface area contributed by atoms with E-state index in [1.165, 1.54) is 89.9 Å². The van der Waals surface area contributed by atoms with E-state index in [1.807, 2.05) is 21.1 Å². The number of carbonyl (C=O) groups is 2. The van der Waals surface area contributed by atoms with Crippen molar-refractivity contribution in [2.45, 2.75) is 136 Å². The van der Waals surface area contributed by atoms with Gasteiger partial charge in [0.05, 0.1) is 21.1 Å². The molecule has 0 rings (SSSR count). The standard InChI is InChI=1S/C28H55NO4/c1-6-7-8-9-10-11-12-13-14-15-16-17-18-20-25(2)21-19-22-28(32)33-26(23-27(30)31)24-29(3,4)5/h25-26H,6-24H2,1-5H3. The topological polar surface area (TPSA) is 66.4 Å². The summed E-state index contributed by atoms with van der Waals surface area (Å²) in [5, 5.41) is 10.9. The van der Waals surface area contributed by atoms with E-state index in [4.69, 9.17) is 4.74 Å². The summed E-state index contributed by atoms with van der Waals surface area (Å²) in [5.41, 5.74) is 0. The number of ether oxygens (including phenoxy) is 1. The predicted molar refractivity (Wildman–Crippen MR) is 136 cm³/mol. The van der Waals surface area contributed by atoms with Gasteiger partial charge in [-0.1, -0.05) is 110 Å². The predicted octanol–water partition coefficient (Wildman–Crippen LogP) is 6.03. The van der Waals surface area contributed by atoms with Gasteiger partial charge in [0, 0.05) is 18.8 Å². The zero-order valence-electron chi connectivity index (χ0n) is 22.7. The Morgan fingerprint density at radius 1 is 0.758 bits per heavy atom. The van der Waals surface area contributed by atoms with E-state index in [9.17, 15) is 14.7 Å². The third kappa shape index (κ3) is 23.8. The second kappa shape index (κ2) is 20.3. The van der Waals surface area contributed by atoms with Crippen LogP contribution >= 0.6 is 0 Å². The molecule has 0 amide bonds. The van der Waals surface area contributed by atoms with Crippen molar-refractivity contribution in [2.24, 2.45) is 5.92 Å². The lowest BCUT2D eigenvalue weighted by Crippen LogP contribution is -2.45. The highest BCUT2D eigenvalue weighted by atomic mass is 16.5. The molecule has 0 heterocycles. The first-order chi connectivity index (χ1) is 15.6. The summed E-state index contributed by atoms with van der Waals surface area (Å²) >= 11 is 0. The number of likely N-dealkylation sites (N-methyl/N-ethyl adjacent to an activating group) is 1. The zero-order valence-corrected chi connectivity index (χ0v) is 22.7. The Kier molecular flexibility index (Phi) is 19.6. The number of esters is 1. The summed E-state index contributed by atoms with van der Waals surface area (Å²) in [6.07, 6.45) is 20.5. The molecule has 33 heavy (non-hydrogen) atoms. The summed E-state index contributed by atoms with van der Waals surface area (Å²) in [7, 11) is 5.86. The van der Waals surface area contributed by atoms with Crippen LogP contribution in [-0.4, -0.2) is 50.2 Å². The Labute approximate surface area is 205 Å². The molecule has 0 fully saturated rings. The molecule has 0 aromatic heterocycles. The van der Waals surface area contributed by atoms with Crippen molar-refractivity contribution in [3.8, 4) is 0 Å². The maximum atomic E-state index is 12.1. The second-order valence-electron chi connectivity index (χ2n) is 11.2. The van der Waals surface area contributed by atoms with E-state index in [0.717, 1.165) is 12.8 Å². The molecule has 0 N–H and O–H groups in total. The van der Waals surface area contributed by atoms with Crippen LogP contribution in [0.4, 0.5) is 0 Å². The minimum absolute atomic E-state index is 0.239. The Hall–Kier alpha value is -1.10. The van der Waals surface area contributed by atoms with Crippen LogP contribution in [0.25, 0.3) is 0 Å². The normalized spacial score (nSPS) is 13.6. The number of hydrogen-bond acceptors (Lipinski definition) is 4.